The molecule has 23 heavy (non-hydrogen) atoms. The SMILES string of the molecule is CCC(C1C[C@@H](C)CN(C2COC2)C1)[C@H]1CCN(C2COC2)C1. The molecule has 4 nitrogen and oxygen atoms in total. The molecule has 2 unspecified atom stereocenters. The highest BCUT2D eigenvalue weighted by molar-refractivity contribution is 4.93. The van der Waals surface area contributed by atoms with Crippen molar-refractivity contribution in [2.75, 3.05) is 52.6 Å². The van der Waals surface area contributed by atoms with Gasteiger partial charge in [-0.15, -0.1) is 0 Å². The molecule has 0 amide bonds. The maximum Gasteiger partial charge on any atom is 0.0645 e. The number of rotatable bonds is 5. The maximum absolute atomic E-state index is 5.44. The minimum Gasteiger partial charge on any atom is -0.378 e. The summed E-state index contributed by atoms with van der Waals surface area (Å²) >= 11 is 0. The Bertz CT molecular complexity index is 397. The summed E-state index contributed by atoms with van der Waals surface area (Å²) < 4.78 is 10.8. The van der Waals surface area contributed by atoms with Crippen molar-refractivity contribution in [3.8, 4) is 0 Å². The molecule has 0 spiro atoms. The Balaban J connectivity index is 1.37. The second kappa shape index (κ2) is 6.99. The molecule has 0 saturated carbocycles. The maximum atomic E-state index is 5.44. The van der Waals surface area contributed by atoms with Crippen LogP contribution in [0.15, 0.2) is 0 Å². The third-order valence-electron chi connectivity index (χ3n) is 6.93. The van der Waals surface area contributed by atoms with Gasteiger partial charge in [0.15, 0.2) is 0 Å². The number of ether oxygens (including phenoxy) is 2. The summed E-state index contributed by atoms with van der Waals surface area (Å²) in [5.41, 5.74) is 0. The first-order chi connectivity index (χ1) is 11.2. The van der Waals surface area contributed by atoms with Gasteiger partial charge in [-0.05, 0) is 43.1 Å². The molecule has 0 bridgehead atoms. The first-order valence-electron chi connectivity index (χ1n) is 9.88. The van der Waals surface area contributed by atoms with E-state index in [-0.39, 0.29) is 0 Å². The Kier molecular flexibility index (Phi) is 4.96. The molecule has 0 aromatic rings. The number of hydrogen-bond acceptors (Lipinski definition) is 4. The molecule has 0 aromatic heterocycles. The highest BCUT2D eigenvalue weighted by Gasteiger charge is 2.41. The molecule has 4 aliphatic heterocycles. The van der Waals surface area contributed by atoms with Crippen molar-refractivity contribution in [3.63, 3.8) is 0 Å². The van der Waals surface area contributed by atoms with Crippen LogP contribution >= 0.6 is 0 Å². The van der Waals surface area contributed by atoms with Crippen LogP contribution in [0.4, 0.5) is 0 Å². The molecular formula is C19H34N2O2. The predicted octanol–water partition coefficient (Wildman–Crippen LogP) is 2.09. The monoisotopic (exact) mass is 322 g/mol. The van der Waals surface area contributed by atoms with E-state index in [1.165, 1.54) is 45.4 Å². The topological polar surface area (TPSA) is 24.9 Å². The van der Waals surface area contributed by atoms with Crippen molar-refractivity contribution in [1.29, 1.82) is 0 Å². The van der Waals surface area contributed by atoms with Crippen LogP contribution in [-0.4, -0.2) is 74.5 Å². The number of piperidine rings is 1. The van der Waals surface area contributed by atoms with Crippen molar-refractivity contribution < 1.29 is 9.47 Å². The van der Waals surface area contributed by atoms with Gasteiger partial charge in [0.05, 0.1) is 38.5 Å². The average Bonchev–Trinajstić information content (AvgIpc) is 2.84. The lowest BCUT2D eigenvalue weighted by atomic mass is 9.73. The van der Waals surface area contributed by atoms with Crippen molar-refractivity contribution >= 4 is 0 Å². The minimum atomic E-state index is 0.713. The van der Waals surface area contributed by atoms with Crippen LogP contribution in [0, 0.1) is 23.7 Å². The first kappa shape index (κ1) is 16.3. The summed E-state index contributed by atoms with van der Waals surface area (Å²) in [5, 5.41) is 0. The van der Waals surface area contributed by atoms with Gasteiger partial charge in [-0.3, -0.25) is 9.80 Å². The van der Waals surface area contributed by atoms with E-state index < -0.39 is 0 Å². The molecule has 0 radical (unpaired) electrons. The number of hydrogen-bond donors (Lipinski definition) is 0. The fourth-order valence-electron chi connectivity index (χ4n) is 5.47. The molecular weight excluding hydrogens is 288 g/mol. The lowest BCUT2D eigenvalue weighted by Crippen LogP contribution is -2.55. The van der Waals surface area contributed by atoms with Gasteiger partial charge in [0.2, 0.25) is 0 Å². The highest BCUT2D eigenvalue weighted by Crippen LogP contribution is 2.39. The fourth-order valence-corrected chi connectivity index (χ4v) is 5.47. The van der Waals surface area contributed by atoms with E-state index in [4.69, 9.17) is 9.47 Å². The zero-order valence-corrected chi connectivity index (χ0v) is 15.0. The van der Waals surface area contributed by atoms with Crippen LogP contribution < -0.4 is 0 Å². The molecule has 0 aromatic carbocycles. The Labute approximate surface area is 141 Å². The molecule has 0 N–H and O–H groups in total. The smallest absolute Gasteiger partial charge is 0.0645 e. The number of nitrogens with zero attached hydrogens (tertiary/aromatic N) is 2. The molecule has 4 fully saturated rings. The zero-order chi connectivity index (χ0) is 15.8. The molecule has 4 heteroatoms. The third kappa shape index (κ3) is 3.33. The van der Waals surface area contributed by atoms with Crippen LogP contribution in [0.2, 0.25) is 0 Å². The highest BCUT2D eigenvalue weighted by atomic mass is 16.5. The standard InChI is InChI=1S/C19H34N2O2/c1-3-19(15-4-5-20(8-15)17-10-22-11-17)16-6-14(2)7-21(9-16)18-12-23-13-18/h14-19H,3-13H2,1-2H3/t14-,15+,16?,19?/m1/s1. The number of likely N-dealkylation sites (tertiary alicyclic amines) is 2. The van der Waals surface area contributed by atoms with Gasteiger partial charge in [-0.2, -0.15) is 0 Å². The molecule has 0 aliphatic carbocycles. The lowest BCUT2D eigenvalue weighted by Gasteiger charge is -2.47. The summed E-state index contributed by atoms with van der Waals surface area (Å²) in [4.78, 5) is 5.46. The minimum absolute atomic E-state index is 0.713. The molecule has 4 aliphatic rings. The predicted molar refractivity (Wildman–Crippen MR) is 91.5 cm³/mol. The van der Waals surface area contributed by atoms with Crippen molar-refractivity contribution in [2.24, 2.45) is 23.7 Å². The fraction of sp³-hybridized carbons (Fsp3) is 1.00. The zero-order valence-electron chi connectivity index (χ0n) is 15.0. The summed E-state index contributed by atoms with van der Waals surface area (Å²) in [6.07, 6.45) is 4.20. The van der Waals surface area contributed by atoms with Crippen molar-refractivity contribution in [1.82, 2.24) is 9.80 Å². The van der Waals surface area contributed by atoms with Gasteiger partial charge in [-0.1, -0.05) is 20.3 Å². The molecule has 132 valence electrons. The normalized spacial score (nSPS) is 39.1. The van der Waals surface area contributed by atoms with Crippen LogP contribution in [0.3, 0.4) is 0 Å². The lowest BCUT2D eigenvalue weighted by molar-refractivity contribution is -0.0895. The summed E-state index contributed by atoms with van der Waals surface area (Å²) in [6, 6.07) is 1.44. The van der Waals surface area contributed by atoms with Gasteiger partial charge < -0.3 is 9.47 Å². The van der Waals surface area contributed by atoms with Gasteiger partial charge >= 0.3 is 0 Å². The molecule has 4 rings (SSSR count). The van der Waals surface area contributed by atoms with Gasteiger partial charge in [0.1, 0.15) is 0 Å². The van der Waals surface area contributed by atoms with E-state index in [1.807, 2.05) is 0 Å². The van der Waals surface area contributed by atoms with Crippen molar-refractivity contribution in [3.05, 3.63) is 0 Å². The Morgan fingerprint density at radius 2 is 1.57 bits per heavy atom. The van der Waals surface area contributed by atoms with Crippen LogP contribution in [0.25, 0.3) is 0 Å². The van der Waals surface area contributed by atoms with Gasteiger partial charge in [0.25, 0.3) is 0 Å². The average molecular weight is 322 g/mol. The van der Waals surface area contributed by atoms with Gasteiger partial charge in [0, 0.05) is 19.6 Å². The van der Waals surface area contributed by atoms with Crippen LogP contribution in [0.1, 0.15) is 33.1 Å². The van der Waals surface area contributed by atoms with E-state index in [1.54, 1.807) is 0 Å². The van der Waals surface area contributed by atoms with E-state index >= 15 is 0 Å². The van der Waals surface area contributed by atoms with Gasteiger partial charge in [-0.25, -0.2) is 0 Å². The summed E-state index contributed by atoms with van der Waals surface area (Å²) in [5.74, 6) is 3.57. The Hall–Kier alpha value is -0.160. The van der Waals surface area contributed by atoms with Crippen molar-refractivity contribution in [2.45, 2.75) is 45.2 Å². The summed E-state index contributed by atoms with van der Waals surface area (Å²) in [6.45, 7) is 14.0. The van der Waals surface area contributed by atoms with E-state index in [0.29, 0.717) is 6.04 Å². The van der Waals surface area contributed by atoms with Crippen LogP contribution in [-0.2, 0) is 9.47 Å². The summed E-state index contributed by atoms with van der Waals surface area (Å²) in [7, 11) is 0. The molecule has 4 saturated heterocycles. The Morgan fingerprint density at radius 1 is 0.913 bits per heavy atom. The second-order valence-corrected chi connectivity index (χ2v) is 8.55. The van der Waals surface area contributed by atoms with E-state index in [9.17, 15) is 0 Å². The van der Waals surface area contributed by atoms with E-state index in [0.717, 1.165) is 56.1 Å². The van der Waals surface area contributed by atoms with Crippen LogP contribution in [0.5, 0.6) is 0 Å². The second-order valence-electron chi connectivity index (χ2n) is 8.55. The first-order valence-corrected chi connectivity index (χ1v) is 9.88. The van der Waals surface area contributed by atoms with E-state index in [2.05, 4.69) is 23.6 Å². The molecule has 4 heterocycles. The Morgan fingerprint density at radius 3 is 2.17 bits per heavy atom. The largest absolute Gasteiger partial charge is 0.378 e. The third-order valence-corrected chi connectivity index (χ3v) is 6.93. The quantitative estimate of drug-likeness (QED) is 0.774. The molecule has 4 atom stereocenters.